The molecule has 7 heteroatoms. The Morgan fingerprint density at radius 2 is 1.80 bits per heavy atom. The zero-order valence-corrected chi connectivity index (χ0v) is 14.9. The van der Waals surface area contributed by atoms with Crippen molar-refractivity contribution >= 4 is 23.4 Å². The molecule has 2 heterocycles. The molecule has 0 aliphatic carbocycles. The van der Waals surface area contributed by atoms with Crippen LogP contribution in [0.4, 0.5) is 5.69 Å². The van der Waals surface area contributed by atoms with Gasteiger partial charge in [0.05, 0.1) is 12.5 Å². The summed E-state index contributed by atoms with van der Waals surface area (Å²) in [6.45, 7) is 2.34. The lowest BCUT2D eigenvalue weighted by Gasteiger charge is -2.37. The highest BCUT2D eigenvalue weighted by Gasteiger charge is 2.40. The van der Waals surface area contributed by atoms with Crippen molar-refractivity contribution in [3.63, 3.8) is 0 Å². The second-order valence-corrected chi connectivity index (χ2v) is 6.78. The van der Waals surface area contributed by atoms with E-state index in [0.717, 1.165) is 5.69 Å². The Balaban J connectivity index is 1.62. The Morgan fingerprint density at radius 3 is 2.36 bits per heavy atom. The third-order valence-corrected chi connectivity index (χ3v) is 5.01. The largest absolute Gasteiger partial charge is 0.378 e. The van der Waals surface area contributed by atoms with E-state index >= 15 is 0 Å². The number of imide groups is 1. The number of piperazine rings is 1. The third kappa shape index (κ3) is 3.37. The molecule has 0 aromatic heterocycles. The van der Waals surface area contributed by atoms with Gasteiger partial charge in [-0.1, -0.05) is 6.07 Å². The average Bonchev–Trinajstić information content (AvgIpc) is 2.89. The number of rotatable bonds is 3. The summed E-state index contributed by atoms with van der Waals surface area (Å²) in [6.07, 6.45) is 0.244. The molecule has 0 bridgehead atoms. The van der Waals surface area contributed by atoms with Gasteiger partial charge in [0.25, 0.3) is 5.91 Å². The van der Waals surface area contributed by atoms with Crippen LogP contribution in [0.15, 0.2) is 24.3 Å². The first-order chi connectivity index (χ1) is 11.9. The second kappa shape index (κ2) is 6.84. The van der Waals surface area contributed by atoms with Crippen LogP contribution < -0.4 is 4.90 Å². The summed E-state index contributed by atoms with van der Waals surface area (Å²) < 4.78 is 0. The molecule has 0 saturated carbocycles. The number of amides is 3. The van der Waals surface area contributed by atoms with Crippen molar-refractivity contribution in [2.24, 2.45) is 0 Å². The van der Waals surface area contributed by atoms with Crippen LogP contribution in [0.1, 0.15) is 16.8 Å². The van der Waals surface area contributed by atoms with Crippen LogP contribution in [-0.4, -0.2) is 85.8 Å². The molecule has 2 fully saturated rings. The van der Waals surface area contributed by atoms with Gasteiger partial charge in [-0.25, -0.2) is 0 Å². The molecule has 7 nitrogen and oxygen atoms in total. The molecule has 0 spiro atoms. The minimum absolute atomic E-state index is 0.00860. The fourth-order valence-corrected chi connectivity index (χ4v) is 3.36. The SMILES string of the molecule is CN1C(=O)CC(N2CCN(C(=O)c3cccc(N(C)C)c3)CC2)C1=O. The number of nitrogens with zero attached hydrogens (tertiary/aromatic N) is 4. The fourth-order valence-electron chi connectivity index (χ4n) is 3.36. The van der Waals surface area contributed by atoms with Gasteiger partial charge in [-0.15, -0.1) is 0 Å². The van der Waals surface area contributed by atoms with Gasteiger partial charge in [0.15, 0.2) is 0 Å². The standard InChI is InChI=1S/C18H24N4O3/c1-19(2)14-6-4-5-13(11-14)17(24)22-9-7-21(8-10-22)15-12-16(23)20(3)18(15)25/h4-6,11,15H,7-10,12H2,1-3H3. The Kier molecular flexibility index (Phi) is 4.76. The lowest BCUT2D eigenvalue weighted by atomic mass is 10.1. The quantitative estimate of drug-likeness (QED) is 0.737. The molecule has 2 saturated heterocycles. The predicted octanol–water partition coefficient (Wildman–Crippen LogP) is 0.268. The van der Waals surface area contributed by atoms with Gasteiger partial charge >= 0.3 is 0 Å². The first-order valence-electron chi connectivity index (χ1n) is 8.49. The van der Waals surface area contributed by atoms with Crippen LogP contribution in [0, 0.1) is 0 Å². The highest BCUT2D eigenvalue weighted by Crippen LogP contribution is 2.20. The zero-order valence-electron chi connectivity index (χ0n) is 14.9. The molecule has 2 aliphatic rings. The summed E-state index contributed by atoms with van der Waals surface area (Å²) in [6, 6.07) is 7.20. The van der Waals surface area contributed by atoms with Crippen molar-refractivity contribution in [1.29, 1.82) is 0 Å². The molecule has 1 atom stereocenters. The van der Waals surface area contributed by atoms with E-state index in [1.54, 1.807) is 0 Å². The molecule has 25 heavy (non-hydrogen) atoms. The van der Waals surface area contributed by atoms with E-state index in [1.165, 1.54) is 11.9 Å². The van der Waals surface area contributed by atoms with Crippen molar-refractivity contribution < 1.29 is 14.4 Å². The van der Waals surface area contributed by atoms with Crippen LogP contribution in [-0.2, 0) is 9.59 Å². The summed E-state index contributed by atoms with van der Waals surface area (Å²) in [5.74, 6) is -0.258. The molecule has 1 unspecified atom stereocenters. The minimum Gasteiger partial charge on any atom is -0.378 e. The van der Waals surface area contributed by atoms with E-state index in [2.05, 4.69) is 0 Å². The maximum absolute atomic E-state index is 12.7. The predicted molar refractivity (Wildman–Crippen MR) is 94.4 cm³/mol. The Hall–Kier alpha value is -2.41. The van der Waals surface area contributed by atoms with Gasteiger partial charge in [-0.3, -0.25) is 24.2 Å². The van der Waals surface area contributed by atoms with E-state index in [4.69, 9.17) is 0 Å². The monoisotopic (exact) mass is 344 g/mol. The number of hydrogen-bond donors (Lipinski definition) is 0. The van der Waals surface area contributed by atoms with Gasteiger partial charge in [0, 0.05) is 58.6 Å². The molecular weight excluding hydrogens is 320 g/mol. The third-order valence-electron chi connectivity index (χ3n) is 5.01. The fraction of sp³-hybridized carbons (Fsp3) is 0.500. The lowest BCUT2D eigenvalue weighted by molar-refractivity contribution is -0.138. The van der Waals surface area contributed by atoms with E-state index in [1.807, 2.05) is 53.1 Å². The topological polar surface area (TPSA) is 64.2 Å². The number of anilines is 1. The highest BCUT2D eigenvalue weighted by molar-refractivity contribution is 6.05. The number of benzene rings is 1. The van der Waals surface area contributed by atoms with E-state index < -0.39 is 0 Å². The smallest absolute Gasteiger partial charge is 0.254 e. The molecule has 2 aliphatic heterocycles. The summed E-state index contributed by atoms with van der Waals surface area (Å²) in [4.78, 5) is 43.6. The van der Waals surface area contributed by atoms with Crippen LogP contribution in [0.3, 0.4) is 0 Å². The second-order valence-electron chi connectivity index (χ2n) is 6.78. The van der Waals surface area contributed by atoms with Gasteiger partial charge in [0.1, 0.15) is 0 Å². The van der Waals surface area contributed by atoms with Gasteiger partial charge < -0.3 is 9.80 Å². The first-order valence-corrected chi connectivity index (χ1v) is 8.49. The average molecular weight is 344 g/mol. The van der Waals surface area contributed by atoms with Crippen molar-refractivity contribution in [3.8, 4) is 0 Å². The Labute approximate surface area is 147 Å². The van der Waals surface area contributed by atoms with E-state index in [-0.39, 0.29) is 30.2 Å². The molecule has 3 amide bonds. The zero-order chi connectivity index (χ0) is 18.1. The van der Waals surface area contributed by atoms with Gasteiger partial charge in [-0.2, -0.15) is 0 Å². The van der Waals surface area contributed by atoms with Crippen molar-refractivity contribution in [3.05, 3.63) is 29.8 Å². The normalized spacial score (nSPS) is 21.8. The molecule has 0 radical (unpaired) electrons. The van der Waals surface area contributed by atoms with Crippen molar-refractivity contribution in [2.45, 2.75) is 12.5 Å². The lowest BCUT2D eigenvalue weighted by Crippen LogP contribution is -2.53. The molecule has 3 rings (SSSR count). The van der Waals surface area contributed by atoms with Crippen LogP contribution in [0.25, 0.3) is 0 Å². The van der Waals surface area contributed by atoms with Crippen LogP contribution in [0.5, 0.6) is 0 Å². The van der Waals surface area contributed by atoms with E-state index in [0.29, 0.717) is 31.7 Å². The maximum atomic E-state index is 12.7. The number of likely N-dealkylation sites (tertiary alicyclic amines) is 1. The number of carbonyl (C=O) groups is 3. The summed E-state index contributed by atoms with van der Waals surface area (Å²) in [5, 5.41) is 0. The Morgan fingerprint density at radius 1 is 1.12 bits per heavy atom. The molecule has 0 N–H and O–H groups in total. The Bertz CT molecular complexity index is 695. The molecule has 134 valence electrons. The number of likely N-dealkylation sites (N-methyl/N-ethyl adjacent to an activating group) is 1. The van der Waals surface area contributed by atoms with Crippen LogP contribution >= 0.6 is 0 Å². The first kappa shape index (κ1) is 17.4. The molecule has 1 aromatic rings. The van der Waals surface area contributed by atoms with E-state index in [9.17, 15) is 14.4 Å². The minimum atomic E-state index is -0.369. The number of carbonyl (C=O) groups excluding carboxylic acids is 3. The summed E-state index contributed by atoms with van der Waals surface area (Å²) >= 11 is 0. The molecular formula is C18H24N4O3. The summed E-state index contributed by atoms with van der Waals surface area (Å²) in [5.41, 5.74) is 1.66. The van der Waals surface area contributed by atoms with Crippen molar-refractivity contribution in [1.82, 2.24) is 14.7 Å². The van der Waals surface area contributed by atoms with Crippen LogP contribution in [0.2, 0.25) is 0 Å². The van der Waals surface area contributed by atoms with Gasteiger partial charge in [-0.05, 0) is 18.2 Å². The summed E-state index contributed by atoms with van der Waals surface area (Å²) in [7, 11) is 5.42. The van der Waals surface area contributed by atoms with Gasteiger partial charge in [0.2, 0.25) is 11.8 Å². The van der Waals surface area contributed by atoms with Crippen molar-refractivity contribution in [2.75, 3.05) is 52.2 Å². The molecule has 1 aromatic carbocycles. The highest BCUT2D eigenvalue weighted by atomic mass is 16.2. The maximum Gasteiger partial charge on any atom is 0.254 e. The number of hydrogen-bond acceptors (Lipinski definition) is 5.